The summed E-state index contributed by atoms with van der Waals surface area (Å²) in [7, 11) is -1.95. The van der Waals surface area contributed by atoms with Crippen LogP contribution in [-0.2, 0) is 29.5 Å². The fourth-order valence-electron chi connectivity index (χ4n) is 6.52. The zero-order chi connectivity index (χ0) is 27.7. The topological polar surface area (TPSA) is 117 Å². The van der Waals surface area contributed by atoms with Crippen LogP contribution in [0.25, 0.3) is 0 Å². The van der Waals surface area contributed by atoms with E-state index in [-0.39, 0.29) is 43.3 Å². The van der Waals surface area contributed by atoms with E-state index in [1.807, 2.05) is 13.0 Å². The first kappa shape index (κ1) is 28.7. The Kier molecular flexibility index (Phi) is 8.61. The minimum absolute atomic E-state index is 0.130. The molecule has 3 aliphatic rings. The fourth-order valence-corrected chi connectivity index (χ4v) is 9.07. The van der Waals surface area contributed by atoms with Crippen LogP contribution in [0.1, 0.15) is 51.0 Å². The van der Waals surface area contributed by atoms with Crippen molar-refractivity contribution in [3.05, 3.63) is 23.8 Å². The molecule has 9 nitrogen and oxygen atoms in total. The lowest BCUT2D eigenvalue weighted by Crippen LogP contribution is -2.45. The van der Waals surface area contributed by atoms with Crippen molar-refractivity contribution in [1.82, 2.24) is 5.32 Å². The number of aliphatic hydroxyl groups excluding tert-OH is 1. The average Bonchev–Trinajstić information content (AvgIpc) is 3.55. The number of anilines is 2. The molecule has 3 aliphatic heterocycles. The summed E-state index contributed by atoms with van der Waals surface area (Å²) in [6.07, 6.45) is 2.72. The first-order chi connectivity index (χ1) is 18.0. The maximum atomic E-state index is 15.7. The molecule has 0 saturated carbocycles. The number of carbonyl (C=O) groups excluding carboxylic acids is 3. The number of nitrogens with one attached hydrogen (secondary N) is 2. The Balaban J connectivity index is 1.69. The van der Waals surface area contributed by atoms with Crippen molar-refractivity contribution in [2.24, 2.45) is 5.92 Å². The number of fused-ring (bicyclic) bond motifs is 2. The SMILES string of the molecule is COC(=O)CCCCN1C(=O)[C@@]2(O[C@@H](CCO)[C@H]([Si](C)(C)F)[C@H]2C)c2cc(NC(=O)[C@H]3CCCN3)ccc21. The molecule has 0 aromatic heterocycles. The van der Waals surface area contributed by atoms with Crippen molar-refractivity contribution in [1.29, 1.82) is 0 Å². The monoisotopic (exact) mass is 549 g/mol. The molecule has 210 valence electrons. The van der Waals surface area contributed by atoms with Gasteiger partial charge in [-0.05, 0) is 69.9 Å². The van der Waals surface area contributed by atoms with Crippen LogP contribution in [-0.4, -0.2) is 70.2 Å². The summed E-state index contributed by atoms with van der Waals surface area (Å²) in [4.78, 5) is 40.2. The molecule has 0 radical (unpaired) electrons. The van der Waals surface area contributed by atoms with Crippen LogP contribution in [0.15, 0.2) is 18.2 Å². The Morgan fingerprint density at radius 2 is 2.11 bits per heavy atom. The summed E-state index contributed by atoms with van der Waals surface area (Å²) in [5.41, 5.74) is -0.0729. The minimum Gasteiger partial charge on any atom is -0.469 e. The normalized spacial score (nSPS) is 28.7. The number of hydrogen-bond acceptors (Lipinski definition) is 7. The molecule has 2 amide bonds. The van der Waals surface area contributed by atoms with Crippen molar-refractivity contribution in [3.63, 3.8) is 0 Å². The van der Waals surface area contributed by atoms with E-state index in [1.165, 1.54) is 7.11 Å². The van der Waals surface area contributed by atoms with Crippen LogP contribution in [0.5, 0.6) is 0 Å². The van der Waals surface area contributed by atoms with Gasteiger partial charge in [0.15, 0.2) is 5.60 Å². The maximum Gasteiger partial charge on any atom is 0.305 e. The van der Waals surface area contributed by atoms with Crippen LogP contribution < -0.4 is 15.5 Å². The Hall–Kier alpha value is -2.34. The molecule has 0 bridgehead atoms. The van der Waals surface area contributed by atoms with Gasteiger partial charge >= 0.3 is 5.97 Å². The Bertz CT molecular complexity index is 1060. The van der Waals surface area contributed by atoms with Crippen molar-refractivity contribution in [2.45, 2.75) is 81.8 Å². The number of nitrogens with zero attached hydrogens (tertiary/aromatic N) is 1. The summed E-state index contributed by atoms with van der Waals surface area (Å²) in [6.45, 7) is 6.11. The second kappa shape index (κ2) is 11.4. The van der Waals surface area contributed by atoms with Gasteiger partial charge < -0.3 is 34.2 Å². The standard InChI is InChI=1S/C27H40FN3O6Si/c1-17-24(38(3,4)28)22(12-15-32)37-27(17)19-16-18(30-25(34)20-8-7-13-29-20)10-11-21(19)31(26(27)35)14-6-5-9-23(33)36-2/h10-11,16-17,20,22,24,29,32H,5-9,12-15H2,1-4H3,(H,30,34)/t17-,20-,22+,24-,27+/m1/s1. The van der Waals surface area contributed by atoms with Crippen molar-refractivity contribution < 1.29 is 33.1 Å². The van der Waals surface area contributed by atoms with E-state index in [2.05, 4.69) is 10.6 Å². The smallest absolute Gasteiger partial charge is 0.305 e. The molecule has 2 saturated heterocycles. The van der Waals surface area contributed by atoms with Gasteiger partial charge in [0.05, 0.1) is 24.9 Å². The van der Waals surface area contributed by atoms with Gasteiger partial charge in [-0.3, -0.25) is 14.4 Å². The first-order valence-electron chi connectivity index (χ1n) is 13.6. The van der Waals surface area contributed by atoms with Gasteiger partial charge in [0, 0.05) is 42.3 Å². The van der Waals surface area contributed by atoms with E-state index in [0.29, 0.717) is 36.3 Å². The van der Waals surface area contributed by atoms with Crippen LogP contribution in [0.4, 0.5) is 15.5 Å². The third-order valence-corrected chi connectivity index (χ3v) is 10.7. The van der Waals surface area contributed by atoms with E-state index in [0.717, 1.165) is 19.4 Å². The molecule has 4 rings (SSSR count). The quantitative estimate of drug-likeness (QED) is 0.178. The van der Waals surface area contributed by atoms with E-state index < -0.39 is 31.6 Å². The molecule has 38 heavy (non-hydrogen) atoms. The highest BCUT2D eigenvalue weighted by Crippen LogP contribution is 2.60. The Morgan fingerprint density at radius 3 is 2.74 bits per heavy atom. The number of hydrogen-bond donors (Lipinski definition) is 3. The number of esters is 1. The molecular weight excluding hydrogens is 509 g/mol. The molecule has 3 N–H and O–H groups in total. The summed E-state index contributed by atoms with van der Waals surface area (Å²) >= 11 is 0. The van der Waals surface area contributed by atoms with Crippen molar-refractivity contribution in [2.75, 3.05) is 37.0 Å². The number of halogens is 1. The van der Waals surface area contributed by atoms with Crippen LogP contribution >= 0.6 is 0 Å². The summed E-state index contributed by atoms with van der Waals surface area (Å²) in [6, 6.07) is 5.11. The third kappa shape index (κ3) is 5.25. The zero-order valence-electron chi connectivity index (χ0n) is 22.7. The Morgan fingerprint density at radius 1 is 1.34 bits per heavy atom. The number of ether oxygens (including phenoxy) is 2. The number of carbonyl (C=O) groups is 3. The lowest BCUT2D eigenvalue weighted by atomic mass is 9.82. The maximum absolute atomic E-state index is 15.7. The third-order valence-electron chi connectivity index (χ3n) is 8.26. The van der Waals surface area contributed by atoms with Crippen LogP contribution in [0.2, 0.25) is 18.6 Å². The van der Waals surface area contributed by atoms with Gasteiger partial charge in [0.25, 0.3) is 5.91 Å². The number of aliphatic hydroxyl groups is 1. The van der Waals surface area contributed by atoms with Gasteiger partial charge in [-0.2, -0.15) is 0 Å². The first-order valence-corrected chi connectivity index (χ1v) is 16.5. The minimum atomic E-state index is -3.30. The molecule has 11 heteroatoms. The van der Waals surface area contributed by atoms with Gasteiger partial charge in [0.1, 0.15) is 0 Å². The van der Waals surface area contributed by atoms with E-state index in [4.69, 9.17) is 9.47 Å². The second-order valence-corrected chi connectivity index (χ2v) is 14.9. The largest absolute Gasteiger partial charge is 0.469 e. The van der Waals surface area contributed by atoms with E-state index >= 15 is 4.11 Å². The molecule has 5 atom stereocenters. The summed E-state index contributed by atoms with van der Waals surface area (Å²) in [5.74, 6) is -1.17. The van der Waals surface area contributed by atoms with E-state index in [1.54, 1.807) is 30.1 Å². The van der Waals surface area contributed by atoms with Crippen molar-refractivity contribution >= 4 is 37.6 Å². The molecule has 3 heterocycles. The van der Waals surface area contributed by atoms with Crippen molar-refractivity contribution in [3.8, 4) is 0 Å². The van der Waals surface area contributed by atoms with Gasteiger partial charge in [-0.25, -0.2) is 0 Å². The summed E-state index contributed by atoms with van der Waals surface area (Å²) in [5, 5.41) is 15.9. The molecule has 1 spiro atoms. The number of methoxy groups -OCH3 is 1. The van der Waals surface area contributed by atoms with E-state index in [9.17, 15) is 19.5 Å². The average molecular weight is 550 g/mol. The highest BCUT2D eigenvalue weighted by atomic mass is 28.4. The van der Waals surface area contributed by atoms with Gasteiger partial charge in [-0.15, -0.1) is 0 Å². The molecule has 1 aromatic carbocycles. The highest BCUT2D eigenvalue weighted by molar-refractivity contribution is 6.72. The fraction of sp³-hybridized carbons (Fsp3) is 0.667. The number of unbranched alkanes of at least 4 members (excludes halogenated alkanes) is 1. The lowest BCUT2D eigenvalue weighted by Gasteiger charge is -2.31. The number of rotatable bonds is 10. The van der Waals surface area contributed by atoms with Gasteiger partial charge in [-0.1, -0.05) is 6.92 Å². The number of amides is 2. The Labute approximate surface area is 224 Å². The van der Waals surface area contributed by atoms with Gasteiger partial charge in [0.2, 0.25) is 14.3 Å². The molecule has 2 fully saturated rings. The molecule has 0 aliphatic carbocycles. The van der Waals surface area contributed by atoms with Crippen LogP contribution in [0.3, 0.4) is 0 Å². The second-order valence-electron chi connectivity index (χ2n) is 11.1. The molecule has 0 unspecified atom stereocenters. The summed E-state index contributed by atoms with van der Waals surface area (Å²) < 4.78 is 26.9. The lowest BCUT2D eigenvalue weighted by molar-refractivity contribution is -0.146. The van der Waals surface area contributed by atoms with Crippen LogP contribution in [0, 0.1) is 5.92 Å². The predicted octanol–water partition coefficient (Wildman–Crippen LogP) is 3.22. The predicted molar refractivity (Wildman–Crippen MR) is 144 cm³/mol. The number of benzene rings is 1. The molecular formula is C27H40FN3O6Si. The zero-order valence-corrected chi connectivity index (χ0v) is 23.7. The molecule has 1 aromatic rings. The highest BCUT2D eigenvalue weighted by Gasteiger charge is 2.66.